The number of halogens is 2. The van der Waals surface area contributed by atoms with Crippen LogP contribution in [0.15, 0.2) is 22.7 Å². The fraction of sp³-hybridized carbons (Fsp3) is 0.400. The molecule has 0 aliphatic heterocycles. The van der Waals surface area contributed by atoms with Gasteiger partial charge in [0.1, 0.15) is 5.82 Å². The first-order valence-electron chi connectivity index (χ1n) is 4.35. The molecule has 0 bridgehead atoms. The Kier molecular flexibility index (Phi) is 4.35. The summed E-state index contributed by atoms with van der Waals surface area (Å²) in [7, 11) is 1.66. The highest BCUT2D eigenvalue weighted by molar-refractivity contribution is 9.10. The van der Waals surface area contributed by atoms with E-state index in [-0.39, 0.29) is 11.9 Å². The fourth-order valence-electron chi connectivity index (χ4n) is 0.970. The second kappa shape index (κ2) is 5.32. The molecular formula is C10H13BrFNO. The van der Waals surface area contributed by atoms with Crippen LogP contribution in [0.5, 0.6) is 0 Å². The first-order chi connectivity index (χ1) is 6.63. The molecule has 0 spiro atoms. The van der Waals surface area contributed by atoms with E-state index < -0.39 is 0 Å². The third-order valence-corrected chi connectivity index (χ3v) is 2.57. The zero-order valence-corrected chi connectivity index (χ0v) is 9.77. The topological polar surface area (TPSA) is 21.3 Å². The van der Waals surface area contributed by atoms with Crippen molar-refractivity contribution in [2.45, 2.75) is 13.0 Å². The summed E-state index contributed by atoms with van der Waals surface area (Å²) in [5.41, 5.74) is 0.871. The number of hydrogen-bond acceptors (Lipinski definition) is 2. The van der Waals surface area contributed by atoms with Crippen LogP contribution in [0, 0.1) is 5.82 Å². The van der Waals surface area contributed by atoms with Gasteiger partial charge in [0, 0.05) is 23.8 Å². The first kappa shape index (κ1) is 11.5. The molecule has 1 atom stereocenters. The molecule has 2 nitrogen and oxygen atoms in total. The predicted molar refractivity (Wildman–Crippen MR) is 59.1 cm³/mol. The SMILES string of the molecule is COC(C)CNc1ccc(F)cc1Br. The Labute approximate surface area is 91.6 Å². The Morgan fingerprint density at radius 2 is 2.29 bits per heavy atom. The van der Waals surface area contributed by atoms with Gasteiger partial charge >= 0.3 is 0 Å². The van der Waals surface area contributed by atoms with Crippen LogP contribution in [0.4, 0.5) is 10.1 Å². The van der Waals surface area contributed by atoms with Crippen molar-refractivity contribution in [3.8, 4) is 0 Å². The van der Waals surface area contributed by atoms with Gasteiger partial charge in [-0.3, -0.25) is 0 Å². The lowest BCUT2D eigenvalue weighted by molar-refractivity contribution is 0.129. The monoisotopic (exact) mass is 261 g/mol. The number of benzene rings is 1. The van der Waals surface area contributed by atoms with E-state index in [1.54, 1.807) is 13.2 Å². The fourth-order valence-corrected chi connectivity index (χ4v) is 1.46. The third-order valence-electron chi connectivity index (χ3n) is 1.91. The molecule has 0 radical (unpaired) electrons. The molecule has 4 heteroatoms. The minimum atomic E-state index is -0.248. The summed E-state index contributed by atoms with van der Waals surface area (Å²) in [5, 5.41) is 3.15. The van der Waals surface area contributed by atoms with Crippen molar-refractivity contribution >= 4 is 21.6 Å². The molecule has 1 aromatic rings. The highest BCUT2D eigenvalue weighted by Gasteiger charge is 2.03. The lowest BCUT2D eigenvalue weighted by Crippen LogP contribution is -2.18. The van der Waals surface area contributed by atoms with Gasteiger partial charge in [-0.15, -0.1) is 0 Å². The zero-order chi connectivity index (χ0) is 10.6. The first-order valence-corrected chi connectivity index (χ1v) is 5.14. The molecule has 78 valence electrons. The van der Waals surface area contributed by atoms with Crippen LogP contribution in [0.3, 0.4) is 0 Å². The van der Waals surface area contributed by atoms with Gasteiger partial charge in [-0.05, 0) is 41.1 Å². The molecular weight excluding hydrogens is 249 g/mol. The van der Waals surface area contributed by atoms with E-state index in [1.807, 2.05) is 6.92 Å². The van der Waals surface area contributed by atoms with Gasteiger partial charge in [0.25, 0.3) is 0 Å². The molecule has 0 saturated carbocycles. The molecule has 0 fully saturated rings. The second-order valence-corrected chi connectivity index (χ2v) is 3.91. The maximum atomic E-state index is 12.7. The smallest absolute Gasteiger partial charge is 0.124 e. The summed E-state index contributed by atoms with van der Waals surface area (Å²) in [6, 6.07) is 4.55. The van der Waals surface area contributed by atoms with E-state index in [0.717, 1.165) is 10.2 Å². The Balaban J connectivity index is 2.59. The molecule has 14 heavy (non-hydrogen) atoms. The van der Waals surface area contributed by atoms with Gasteiger partial charge in [-0.2, -0.15) is 0 Å². The van der Waals surface area contributed by atoms with Gasteiger partial charge in [-0.25, -0.2) is 4.39 Å². The van der Waals surface area contributed by atoms with Crippen LogP contribution in [0.2, 0.25) is 0 Å². The third kappa shape index (κ3) is 3.27. The Morgan fingerprint density at radius 3 is 2.86 bits per heavy atom. The van der Waals surface area contributed by atoms with Crippen molar-refractivity contribution in [1.29, 1.82) is 0 Å². The maximum Gasteiger partial charge on any atom is 0.124 e. The molecule has 1 unspecified atom stereocenters. The lowest BCUT2D eigenvalue weighted by atomic mass is 10.3. The average Bonchev–Trinajstić information content (AvgIpc) is 2.16. The van der Waals surface area contributed by atoms with Crippen molar-refractivity contribution in [3.63, 3.8) is 0 Å². The highest BCUT2D eigenvalue weighted by Crippen LogP contribution is 2.22. The van der Waals surface area contributed by atoms with Crippen LogP contribution in [0.25, 0.3) is 0 Å². The van der Waals surface area contributed by atoms with Crippen LogP contribution in [-0.2, 0) is 4.74 Å². The number of rotatable bonds is 4. The maximum absolute atomic E-state index is 12.7. The number of ether oxygens (including phenoxy) is 1. The lowest BCUT2D eigenvalue weighted by Gasteiger charge is -2.12. The van der Waals surface area contributed by atoms with Crippen LogP contribution in [0.1, 0.15) is 6.92 Å². The van der Waals surface area contributed by atoms with E-state index in [1.165, 1.54) is 12.1 Å². The van der Waals surface area contributed by atoms with Gasteiger partial charge < -0.3 is 10.1 Å². The average molecular weight is 262 g/mol. The van der Waals surface area contributed by atoms with E-state index in [2.05, 4.69) is 21.2 Å². The Hall–Kier alpha value is -0.610. The van der Waals surface area contributed by atoms with Crippen molar-refractivity contribution in [2.24, 2.45) is 0 Å². The normalized spacial score (nSPS) is 12.6. The van der Waals surface area contributed by atoms with Crippen molar-refractivity contribution in [1.82, 2.24) is 0 Å². The van der Waals surface area contributed by atoms with E-state index >= 15 is 0 Å². The molecule has 0 aliphatic carbocycles. The van der Waals surface area contributed by atoms with Gasteiger partial charge in [0.2, 0.25) is 0 Å². The molecule has 0 aromatic heterocycles. The van der Waals surface area contributed by atoms with E-state index in [0.29, 0.717) is 6.54 Å². The summed E-state index contributed by atoms with van der Waals surface area (Å²) in [6.07, 6.45) is 0.131. The molecule has 0 amide bonds. The summed E-state index contributed by atoms with van der Waals surface area (Å²) in [5.74, 6) is -0.248. The van der Waals surface area contributed by atoms with Gasteiger partial charge in [0.15, 0.2) is 0 Å². The molecule has 0 saturated heterocycles. The summed E-state index contributed by atoms with van der Waals surface area (Å²) >= 11 is 3.28. The molecule has 1 aromatic carbocycles. The summed E-state index contributed by atoms with van der Waals surface area (Å²) in [6.45, 7) is 2.66. The van der Waals surface area contributed by atoms with Crippen LogP contribution in [-0.4, -0.2) is 19.8 Å². The number of anilines is 1. The zero-order valence-electron chi connectivity index (χ0n) is 8.18. The quantitative estimate of drug-likeness (QED) is 0.900. The largest absolute Gasteiger partial charge is 0.382 e. The second-order valence-electron chi connectivity index (χ2n) is 3.05. The van der Waals surface area contributed by atoms with E-state index in [4.69, 9.17) is 4.74 Å². The number of methoxy groups -OCH3 is 1. The minimum Gasteiger partial charge on any atom is -0.382 e. The van der Waals surface area contributed by atoms with Crippen molar-refractivity contribution < 1.29 is 9.13 Å². The predicted octanol–water partition coefficient (Wildman–Crippen LogP) is 3.04. The van der Waals surface area contributed by atoms with E-state index in [9.17, 15) is 4.39 Å². The summed E-state index contributed by atoms with van der Waals surface area (Å²) in [4.78, 5) is 0. The number of nitrogens with one attached hydrogen (secondary N) is 1. The van der Waals surface area contributed by atoms with Gasteiger partial charge in [0.05, 0.1) is 6.10 Å². The number of hydrogen-bond donors (Lipinski definition) is 1. The molecule has 0 heterocycles. The van der Waals surface area contributed by atoms with Gasteiger partial charge in [-0.1, -0.05) is 0 Å². The molecule has 1 rings (SSSR count). The van der Waals surface area contributed by atoms with Crippen molar-refractivity contribution in [3.05, 3.63) is 28.5 Å². The molecule has 1 N–H and O–H groups in total. The standard InChI is InChI=1S/C10H13BrFNO/c1-7(14-2)6-13-10-4-3-8(12)5-9(10)11/h3-5,7,13H,6H2,1-2H3. The van der Waals surface area contributed by atoms with Crippen LogP contribution >= 0.6 is 15.9 Å². The van der Waals surface area contributed by atoms with Crippen LogP contribution < -0.4 is 5.32 Å². The Morgan fingerprint density at radius 1 is 1.57 bits per heavy atom. The molecule has 0 aliphatic rings. The minimum absolute atomic E-state index is 0.131. The highest BCUT2D eigenvalue weighted by atomic mass is 79.9. The van der Waals surface area contributed by atoms with Crippen molar-refractivity contribution in [2.75, 3.05) is 19.0 Å². The summed E-state index contributed by atoms with van der Waals surface area (Å²) < 4.78 is 18.5. The Bertz CT molecular complexity index is 306.